The molecule has 4 unspecified atom stereocenters. The molecule has 2 aliphatic rings. The van der Waals surface area contributed by atoms with Gasteiger partial charge in [-0.2, -0.15) is 0 Å². The Bertz CT molecular complexity index is 1090. The number of carbonyl (C=O) groups is 1. The van der Waals surface area contributed by atoms with E-state index in [1.807, 2.05) is 33.8 Å². The zero-order valence-corrected chi connectivity index (χ0v) is 18.3. The van der Waals surface area contributed by atoms with Gasteiger partial charge in [0.1, 0.15) is 23.0 Å². The van der Waals surface area contributed by atoms with Crippen molar-refractivity contribution in [3.8, 4) is 5.75 Å². The maximum absolute atomic E-state index is 13.0. The summed E-state index contributed by atoms with van der Waals surface area (Å²) in [7, 11) is 0. The van der Waals surface area contributed by atoms with Gasteiger partial charge in [-0.1, -0.05) is 32.9 Å². The number of hydrogen-bond acceptors (Lipinski definition) is 5. The van der Waals surface area contributed by atoms with Crippen molar-refractivity contribution in [1.82, 2.24) is 0 Å². The highest BCUT2D eigenvalue weighted by Crippen LogP contribution is 2.54. The Morgan fingerprint density at radius 1 is 1.23 bits per heavy atom. The van der Waals surface area contributed by atoms with Crippen LogP contribution in [0.15, 0.2) is 38.7 Å². The molecule has 1 aromatic carbocycles. The van der Waals surface area contributed by atoms with Gasteiger partial charge >= 0.3 is 5.63 Å². The van der Waals surface area contributed by atoms with Gasteiger partial charge in [0.05, 0.1) is 5.39 Å². The molecule has 1 fully saturated rings. The summed E-state index contributed by atoms with van der Waals surface area (Å²) >= 11 is 0. The molecule has 4 atom stereocenters. The predicted molar refractivity (Wildman–Crippen MR) is 115 cm³/mol. The lowest BCUT2D eigenvalue weighted by Gasteiger charge is -2.38. The number of Topliss-reactive ketones (excluding diaryl/α,β-unsaturated/α-hetero) is 1. The molecule has 5 nitrogen and oxygen atoms in total. The van der Waals surface area contributed by atoms with Crippen molar-refractivity contribution in [1.29, 1.82) is 0 Å². The van der Waals surface area contributed by atoms with Crippen molar-refractivity contribution in [2.45, 2.75) is 60.0 Å². The van der Waals surface area contributed by atoms with Crippen molar-refractivity contribution < 1.29 is 19.1 Å². The molecular formula is C25H30O5. The minimum Gasteiger partial charge on any atom is -0.506 e. The minimum absolute atomic E-state index is 0.0240. The average Bonchev–Trinajstić information content (AvgIpc) is 3.05. The summed E-state index contributed by atoms with van der Waals surface area (Å²) < 4.78 is 11.9. The summed E-state index contributed by atoms with van der Waals surface area (Å²) in [5, 5.41) is 11.7. The number of ketones is 1. The molecule has 0 saturated heterocycles. The SMILES string of the molecule is CC1=C(C(=O)CC(C)C)OC(c2c(O)c3c(C)cccc3oc2=O)C2C(C)CCC12. The fourth-order valence-electron chi connectivity index (χ4n) is 5.37. The van der Waals surface area contributed by atoms with Crippen molar-refractivity contribution in [2.24, 2.45) is 23.7 Å². The van der Waals surface area contributed by atoms with Gasteiger partial charge in [-0.05, 0) is 61.6 Å². The third kappa shape index (κ3) is 3.24. The predicted octanol–water partition coefficient (Wildman–Crippen LogP) is 5.43. The molecule has 0 bridgehead atoms. The summed E-state index contributed by atoms with van der Waals surface area (Å²) in [4.78, 5) is 25.9. The van der Waals surface area contributed by atoms with Crippen LogP contribution in [-0.2, 0) is 9.53 Å². The summed E-state index contributed by atoms with van der Waals surface area (Å²) in [6, 6.07) is 5.34. The van der Waals surface area contributed by atoms with Gasteiger partial charge in [0.2, 0.25) is 0 Å². The monoisotopic (exact) mass is 410 g/mol. The van der Waals surface area contributed by atoms with Crippen molar-refractivity contribution in [2.75, 3.05) is 0 Å². The molecule has 1 aliphatic carbocycles. The van der Waals surface area contributed by atoms with Crippen LogP contribution < -0.4 is 5.63 Å². The van der Waals surface area contributed by atoms with Crippen LogP contribution in [0.25, 0.3) is 11.0 Å². The van der Waals surface area contributed by atoms with Crippen LogP contribution in [-0.4, -0.2) is 10.9 Å². The van der Waals surface area contributed by atoms with Gasteiger partial charge in [0.15, 0.2) is 11.5 Å². The summed E-state index contributed by atoms with van der Waals surface area (Å²) in [6.45, 7) is 10.0. The summed E-state index contributed by atoms with van der Waals surface area (Å²) in [6.07, 6.45) is 1.65. The Kier molecular flexibility index (Phi) is 5.25. The van der Waals surface area contributed by atoms with E-state index >= 15 is 0 Å². The van der Waals surface area contributed by atoms with Crippen LogP contribution in [0.2, 0.25) is 0 Å². The van der Waals surface area contributed by atoms with Crippen molar-refractivity contribution in [3.63, 3.8) is 0 Å². The summed E-state index contributed by atoms with van der Waals surface area (Å²) in [5.74, 6) is 0.952. The zero-order chi connectivity index (χ0) is 21.7. The largest absolute Gasteiger partial charge is 0.506 e. The van der Waals surface area contributed by atoms with Crippen molar-refractivity contribution >= 4 is 16.8 Å². The Morgan fingerprint density at radius 2 is 1.97 bits per heavy atom. The first-order valence-electron chi connectivity index (χ1n) is 10.9. The molecular weight excluding hydrogens is 380 g/mol. The van der Waals surface area contributed by atoms with E-state index in [2.05, 4.69) is 6.92 Å². The Hall–Kier alpha value is -2.56. The van der Waals surface area contributed by atoms with Gasteiger partial charge in [-0.25, -0.2) is 4.79 Å². The number of fused-ring (bicyclic) bond motifs is 2. The number of benzene rings is 1. The minimum atomic E-state index is -0.692. The lowest BCUT2D eigenvalue weighted by molar-refractivity contribution is -0.123. The van der Waals surface area contributed by atoms with E-state index in [9.17, 15) is 14.7 Å². The zero-order valence-electron chi connectivity index (χ0n) is 18.3. The molecule has 1 aromatic heterocycles. The van der Waals surface area contributed by atoms with E-state index in [0.717, 1.165) is 24.0 Å². The van der Waals surface area contributed by atoms with E-state index in [0.29, 0.717) is 29.1 Å². The molecule has 30 heavy (non-hydrogen) atoms. The maximum Gasteiger partial charge on any atom is 0.347 e. The number of rotatable bonds is 4. The molecule has 2 aromatic rings. The smallest absolute Gasteiger partial charge is 0.347 e. The highest BCUT2D eigenvalue weighted by atomic mass is 16.5. The lowest BCUT2D eigenvalue weighted by atomic mass is 9.76. The molecule has 1 saturated carbocycles. The number of ether oxygens (including phenoxy) is 1. The number of carbonyl (C=O) groups excluding carboxylic acids is 1. The Labute approximate surface area is 176 Å². The fraction of sp³-hybridized carbons (Fsp3) is 0.520. The summed E-state index contributed by atoms with van der Waals surface area (Å²) in [5.41, 5.74) is 1.71. The molecule has 4 rings (SSSR count). The van der Waals surface area contributed by atoms with E-state index in [-0.39, 0.29) is 34.8 Å². The van der Waals surface area contributed by atoms with E-state index < -0.39 is 11.7 Å². The highest BCUT2D eigenvalue weighted by molar-refractivity contribution is 5.94. The number of aryl methyl sites for hydroxylation is 1. The topological polar surface area (TPSA) is 76.7 Å². The molecule has 0 spiro atoms. The molecule has 0 radical (unpaired) electrons. The molecule has 5 heteroatoms. The van der Waals surface area contributed by atoms with E-state index in [4.69, 9.17) is 9.15 Å². The van der Waals surface area contributed by atoms with Crippen molar-refractivity contribution in [3.05, 3.63) is 51.1 Å². The number of aromatic hydroxyl groups is 1. The average molecular weight is 411 g/mol. The van der Waals surface area contributed by atoms with Crippen LogP contribution in [0.1, 0.15) is 64.2 Å². The third-order valence-corrected chi connectivity index (χ3v) is 6.84. The van der Waals surface area contributed by atoms with Gasteiger partial charge in [-0.15, -0.1) is 0 Å². The van der Waals surface area contributed by atoms with E-state index in [1.165, 1.54) is 0 Å². The molecule has 2 heterocycles. The standard InChI is InChI=1S/C25H30O5/c1-12(2)11-17(26)23-15(5)16-10-9-14(4)19(16)24(30-23)21-22(27)20-13(3)7-6-8-18(20)29-25(21)28/h6-8,12,14,16,19,24,27H,9-11H2,1-5H3. The van der Waals surface area contributed by atoms with Gasteiger partial charge in [0, 0.05) is 12.3 Å². The maximum atomic E-state index is 13.0. The second-order valence-electron chi connectivity index (χ2n) is 9.41. The van der Waals surface area contributed by atoms with E-state index in [1.54, 1.807) is 12.1 Å². The quantitative estimate of drug-likeness (QED) is 0.680. The molecule has 0 amide bonds. The first-order valence-corrected chi connectivity index (χ1v) is 10.9. The first kappa shape index (κ1) is 20.7. The highest BCUT2D eigenvalue weighted by Gasteiger charge is 2.48. The van der Waals surface area contributed by atoms with Crippen LogP contribution in [0.5, 0.6) is 5.75 Å². The second kappa shape index (κ2) is 7.60. The van der Waals surface area contributed by atoms with Gasteiger partial charge in [-0.3, -0.25) is 4.79 Å². The number of allylic oxidation sites excluding steroid dienone is 2. The third-order valence-electron chi connectivity index (χ3n) is 6.84. The Balaban J connectivity index is 1.89. The first-order chi connectivity index (χ1) is 14.2. The molecule has 1 aliphatic heterocycles. The van der Waals surface area contributed by atoms with Crippen LogP contribution in [0.3, 0.4) is 0 Å². The van der Waals surface area contributed by atoms with Crippen LogP contribution in [0.4, 0.5) is 0 Å². The fourth-order valence-corrected chi connectivity index (χ4v) is 5.37. The lowest BCUT2D eigenvalue weighted by Crippen LogP contribution is -2.34. The second-order valence-corrected chi connectivity index (χ2v) is 9.41. The number of hydrogen-bond donors (Lipinski definition) is 1. The van der Waals surface area contributed by atoms with Crippen LogP contribution >= 0.6 is 0 Å². The van der Waals surface area contributed by atoms with Gasteiger partial charge in [0.25, 0.3) is 0 Å². The molecule has 1 N–H and O–H groups in total. The van der Waals surface area contributed by atoms with Crippen LogP contribution in [0, 0.1) is 30.6 Å². The Morgan fingerprint density at radius 3 is 2.67 bits per heavy atom. The normalized spacial score (nSPS) is 26.2. The molecule has 160 valence electrons. The van der Waals surface area contributed by atoms with Gasteiger partial charge < -0.3 is 14.3 Å².